The number of carbonyl (C=O) groups is 2. The largest absolute Gasteiger partial charge is 0.461 e. The lowest BCUT2D eigenvalue weighted by molar-refractivity contribution is 0.0507. The zero-order valence-electron chi connectivity index (χ0n) is 15.3. The molecule has 0 unspecified atom stereocenters. The molecule has 27 heavy (non-hydrogen) atoms. The van der Waals surface area contributed by atoms with Crippen LogP contribution in [0.3, 0.4) is 0 Å². The Morgan fingerprint density at radius 3 is 2.74 bits per heavy atom. The van der Waals surface area contributed by atoms with Gasteiger partial charge in [0, 0.05) is 18.5 Å². The Bertz CT molecular complexity index is 933. The van der Waals surface area contributed by atoms with E-state index in [0.717, 1.165) is 21.6 Å². The highest BCUT2D eigenvalue weighted by Crippen LogP contribution is 2.30. The Hall–Kier alpha value is -2.87. The Balaban J connectivity index is 1.62. The fraction of sp³-hybridized carbons (Fsp3) is 0.316. The molecule has 0 spiro atoms. The van der Waals surface area contributed by atoms with E-state index in [2.05, 4.69) is 15.7 Å². The Labute approximate surface area is 161 Å². The summed E-state index contributed by atoms with van der Waals surface area (Å²) in [5.74, 6) is -0.353. The van der Waals surface area contributed by atoms with Crippen molar-refractivity contribution in [3.8, 4) is 5.69 Å². The molecule has 2 aromatic heterocycles. The second-order valence-corrected chi connectivity index (χ2v) is 6.97. The summed E-state index contributed by atoms with van der Waals surface area (Å²) in [5.41, 5.74) is 1.82. The van der Waals surface area contributed by atoms with Crippen LogP contribution in [0.2, 0.25) is 0 Å². The maximum atomic E-state index is 12.3. The minimum Gasteiger partial charge on any atom is -0.461 e. The number of fused-ring (bicyclic) bond motifs is 1. The van der Waals surface area contributed by atoms with Gasteiger partial charge >= 0.3 is 12.0 Å². The highest BCUT2D eigenvalue weighted by molar-refractivity contribution is 7.20. The van der Waals surface area contributed by atoms with Gasteiger partial charge in [0.2, 0.25) is 0 Å². The van der Waals surface area contributed by atoms with Crippen molar-refractivity contribution >= 4 is 33.6 Å². The van der Waals surface area contributed by atoms with Crippen molar-refractivity contribution in [2.24, 2.45) is 0 Å². The predicted molar refractivity (Wildman–Crippen MR) is 106 cm³/mol. The zero-order valence-corrected chi connectivity index (χ0v) is 16.1. The minimum atomic E-state index is -0.353. The maximum absolute atomic E-state index is 12.3. The first-order chi connectivity index (χ1) is 13.1. The molecule has 0 aliphatic rings. The van der Waals surface area contributed by atoms with Crippen LogP contribution in [0.5, 0.6) is 0 Å². The molecule has 0 fully saturated rings. The zero-order chi connectivity index (χ0) is 19.2. The molecule has 3 aromatic rings. The van der Waals surface area contributed by atoms with Crippen molar-refractivity contribution in [1.82, 2.24) is 20.4 Å². The van der Waals surface area contributed by atoms with E-state index in [1.54, 1.807) is 0 Å². The molecule has 2 heterocycles. The summed E-state index contributed by atoms with van der Waals surface area (Å²) in [4.78, 5) is 25.1. The topological polar surface area (TPSA) is 85.2 Å². The summed E-state index contributed by atoms with van der Waals surface area (Å²) in [6.45, 7) is 5.06. The number of carbonyl (C=O) groups excluding carboxylic acids is 2. The number of hydrogen-bond acceptors (Lipinski definition) is 5. The molecule has 0 radical (unpaired) electrons. The Morgan fingerprint density at radius 1 is 1.22 bits per heavy atom. The number of nitrogens with zero attached hydrogens (tertiary/aromatic N) is 2. The number of rotatable bonds is 7. The number of thiophene rings is 1. The number of ether oxygens (including phenoxy) is 1. The monoisotopic (exact) mass is 386 g/mol. The third-order valence-electron chi connectivity index (χ3n) is 3.92. The van der Waals surface area contributed by atoms with E-state index in [-0.39, 0.29) is 18.6 Å². The van der Waals surface area contributed by atoms with Crippen LogP contribution < -0.4 is 10.6 Å². The maximum Gasteiger partial charge on any atom is 0.348 e. The number of para-hydroxylation sites is 1. The van der Waals surface area contributed by atoms with Crippen LogP contribution in [0.4, 0.5) is 4.79 Å². The highest BCUT2D eigenvalue weighted by Gasteiger charge is 2.18. The fourth-order valence-electron chi connectivity index (χ4n) is 2.63. The van der Waals surface area contributed by atoms with Crippen LogP contribution in [-0.2, 0) is 4.74 Å². The number of benzene rings is 1. The quantitative estimate of drug-likeness (QED) is 0.482. The lowest BCUT2D eigenvalue weighted by Gasteiger charge is -2.06. The number of hydrogen-bond donors (Lipinski definition) is 2. The molecular formula is C19H22N4O3S. The van der Waals surface area contributed by atoms with Crippen molar-refractivity contribution in [2.45, 2.75) is 20.3 Å². The number of aromatic nitrogens is 2. The molecule has 0 atom stereocenters. The van der Waals surface area contributed by atoms with Gasteiger partial charge in [0.25, 0.3) is 0 Å². The van der Waals surface area contributed by atoms with E-state index >= 15 is 0 Å². The molecule has 142 valence electrons. The molecular weight excluding hydrogens is 364 g/mol. The number of aryl methyl sites for hydroxylation is 1. The molecule has 0 saturated heterocycles. The van der Waals surface area contributed by atoms with Gasteiger partial charge < -0.3 is 15.4 Å². The fourth-order valence-corrected chi connectivity index (χ4v) is 3.70. The van der Waals surface area contributed by atoms with E-state index in [9.17, 15) is 9.59 Å². The van der Waals surface area contributed by atoms with E-state index in [4.69, 9.17) is 4.74 Å². The van der Waals surface area contributed by atoms with Crippen LogP contribution in [-0.4, -0.2) is 41.5 Å². The molecule has 0 aliphatic carbocycles. The van der Waals surface area contributed by atoms with E-state index < -0.39 is 0 Å². The van der Waals surface area contributed by atoms with Crippen LogP contribution in [0.15, 0.2) is 36.4 Å². The summed E-state index contributed by atoms with van der Waals surface area (Å²) in [6.07, 6.45) is 0.560. The van der Waals surface area contributed by atoms with Crippen molar-refractivity contribution in [2.75, 3.05) is 19.7 Å². The Morgan fingerprint density at radius 2 is 2.00 bits per heavy atom. The molecule has 2 N–H and O–H groups in total. The average Bonchev–Trinajstić information content (AvgIpc) is 3.23. The van der Waals surface area contributed by atoms with Crippen LogP contribution in [0, 0.1) is 6.92 Å². The lowest BCUT2D eigenvalue weighted by Crippen LogP contribution is -2.36. The van der Waals surface area contributed by atoms with Gasteiger partial charge in [-0.25, -0.2) is 14.3 Å². The lowest BCUT2D eigenvalue weighted by atomic mass is 10.3. The molecule has 7 nitrogen and oxygen atoms in total. The molecule has 8 heteroatoms. The molecule has 2 amide bonds. The normalized spacial score (nSPS) is 10.7. The van der Waals surface area contributed by atoms with Gasteiger partial charge in [-0.2, -0.15) is 5.10 Å². The molecule has 0 bridgehead atoms. The molecule has 3 rings (SSSR count). The second kappa shape index (κ2) is 8.68. The van der Waals surface area contributed by atoms with Crippen LogP contribution in [0.25, 0.3) is 15.9 Å². The summed E-state index contributed by atoms with van der Waals surface area (Å²) in [5, 5.41) is 10.9. The van der Waals surface area contributed by atoms with Crippen molar-refractivity contribution in [3.05, 3.63) is 47.0 Å². The van der Waals surface area contributed by atoms with Gasteiger partial charge in [0.05, 0.1) is 18.0 Å². The van der Waals surface area contributed by atoms with Gasteiger partial charge in [-0.1, -0.05) is 18.2 Å². The van der Waals surface area contributed by atoms with Gasteiger partial charge in [-0.15, -0.1) is 11.3 Å². The van der Waals surface area contributed by atoms with Crippen molar-refractivity contribution < 1.29 is 14.3 Å². The summed E-state index contributed by atoms with van der Waals surface area (Å²) in [7, 11) is 0. The minimum absolute atomic E-state index is 0.214. The second-order valence-electron chi connectivity index (χ2n) is 5.94. The number of nitrogens with one attached hydrogen (secondary N) is 2. The highest BCUT2D eigenvalue weighted by atomic mass is 32.1. The van der Waals surface area contributed by atoms with Crippen molar-refractivity contribution in [3.63, 3.8) is 0 Å². The smallest absolute Gasteiger partial charge is 0.348 e. The number of amides is 2. The van der Waals surface area contributed by atoms with E-state index in [1.165, 1.54) is 11.3 Å². The average molecular weight is 386 g/mol. The summed E-state index contributed by atoms with van der Waals surface area (Å²) in [6, 6.07) is 11.4. The van der Waals surface area contributed by atoms with Crippen LogP contribution >= 0.6 is 11.3 Å². The first kappa shape index (κ1) is 18.9. The number of esters is 1. The van der Waals surface area contributed by atoms with Gasteiger partial charge in [-0.05, 0) is 38.5 Å². The molecule has 0 aliphatic heterocycles. The summed E-state index contributed by atoms with van der Waals surface area (Å²) >= 11 is 1.37. The Kier molecular flexibility index (Phi) is 6.08. The van der Waals surface area contributed by atoms with Crippen LogP contribution in [0.1, 0.15) is 28.7 Å². The van der Waals surface area contributed by atoms with E-state index in [0.29, 0.717) is 24.4 Å². The molecule has 0 saturated carbocycles. The van der Waals surface area contributed by atoms with Gasteiger partial charge in [0.1, 0.15) is 9.71 Å². The first-order valence-electron chi connectivity index (χ1n) is 8.83. The molecule has 1 aromatic carbocycles. The third kappa shape index (κ3) is 4.46. The standard InChI is InChI=1S/C19H22N4O3S/c1-3-20-19(25)21-10-7-11-26-18(24)16-12-15-13(2)22-23(17(15)27-16)14-8-5-4-6-9-14/h4-6,8-9,12H,3,7,10-11H2,1-2H3,(H2,20,21,25). The number of urea groups is 1. The van der Waals surface area contributed by atoms with Gasteiger partial charge in [0.15, 0.2) is 0 Å². The summed E-state index contributed by atoms with van der Waals surface area (Å²) < 4.78 is 7.17. The van der Waals surface area contributed by atoms with Crippen molar-refractivity contribution in [1.29, 1.82) is 0 Å². The predicted octanol–water partition coefficient (Wildman–Crippen LogP) is 3.26. The van der Waals surface area contributed by atoms with Gasteiger partial charge in [-0.3, -0.25) is 0 Å². The van der Waals surface area contributed by atoms with E-state index in [1.807, 2.05) is 54.9 Å². The first-order valence-corrected chi connectivity index (χ1v) is 9.65. The third-order valence-corrected chi connectivity index (χ3v) is 5.01. The SMILES string of the molecule is CCNC(=O)NCCCOC(=O)c1cc2c(C)nn(-c3ccccc3)c2s1.